The van der Waals surface area contributed by atoms with Crippen molar-refractivity contribution in [1.29, 1.82) is 0 Å². The van der Waals surface area contributed by atoms with Crippen molar-refractivity contribution >= 4 is 17.8 Å². The highest BCUT2D eigenvalue weighted by molar-refractivity contribution is 6.09. The van der Waals surface area contributed by atoms with Gasteiger partial charge in [0.05, 0.1) is 21.3 Å². The Labute approximate surface area is 195 Å². The van der Waals surface area contributed by atoms with Crippen molar-refractivity contribution in [3.63, 3.8) is 0 Å². The molecule has 11 heteroatoms. The van der Waals surface area contributed by atoms with Crippen LogP contribution in [0.5, 0.6) is 28.7 Å². The molecule has 4 rings (SSSR count). The van der Waals surface area contributed by atoms with E-state index < -0.39 is 29.9 Å². The van der Waals surface area contributed by atoms with E-state index >= 15 is 0 Å². The Kier molecular flexibility index (Phi) is 6.10. The van der Waals surface area contributed by atoms with Gasteiger partial charge in [0.1, 0.15) is 12.1 Å². The molecule has 2 aromatic rings. The van der Waals surface area contributed by atoms with Gasteiger partial charge in [0.2, 0.25) is 18.4 Å². The number of ether oxygens (including phenoxy) is 5. The lowest BCUT2D eigenvalue weighted by Crippen LogP contribution is -2.43. The first-order chi connectivity index (χ1) is 16.3. The standard InChI is InChI=1S/C23H25N3O8/c1-23(14-5-6-15-16(9-14)34-12-33-15)21(28)26(22(29)25-23)11-19(27)24-10-13-7-17(30-2)20(32-4)18(8-13)31-3/h5-9H,10-12H2,1-4H3,(H,24,27)(H,25,29). The van der Waals surface area contributed by atoms with E-state index in [2.05, 4.69) is 10.6 Å². The van der Waals surface area contributed by atoms with E-state index in [1.54, 1.807) is 37.3 Å². The third kappa shape index (κ3) is 4.00. The van der Waals surface area contributed by atoms with E-state index in [1.165, 1.54) is 21.3 Å². The second-order valence-corrected chi connectivity index (χ2v) is 7.82. The number of methoxy groups -OCH3 is 3. The van der Waals surface area contributed by atoms with Gasteiger partial charge in [0, 0.05) is 6.54 Å². The van der Waals surface area contributed by atoms with Crippen LogP contribution in [0.2, 0.25) is 0 Å². The van der Waals surface area contributed by atoms with Crippen molar-refractivity contribution in [3.8, 4) is 28.7 Å². The number of imide groups is 1. The summed E-state index contributed by atoms with van der Waals surface area (Å²) in [5.74, 6) is 1.32. The third-order valence-corrected chi connectivity index (χ3v) is 5.74. The molecule has 0 saturated carbocycles. The minimum atomic E-state index is -1.34. The highest BCUT2D eigenvalue weighted by Crippen LogP contribution is 2.39. The molecule has 4 amide bonds. The van der Waals surface area contributed by atoms with E-state index in [0.717, 1.165) is 4.90 Å². The molecule has 1 unspecified atom stereocenters. The van der Waals surface area contributed by atoms with Crippen LogP contribution in [-0.2, 0) is 21.7 Å². The topological polar surface area (TPSA) is 125 Å². The van der Waals surface area contributed by atoms with E-state index in [4.69, 9.17) is 23.7 Å². The van der Waals surface area contributed by atoms with E-state index in [-0.39, 0.29) is 13.3 Å². The van der Waals surface area contributed by atoms with Gasteiger partial charge in [-0.15, -0.1) is 0 Å². The molecule has 0 bridgehead atoms. The van der Waals surface area contributed by atoms with Crippen LogP contribution in [0.1, 0.15) is 18.1 Å². The van der Waals surface area contributed by atoms with Gasteiger partial charge in [-0.3, -0.25) is 14.5 Å². The number of amides is 4. The van der Waals surface area contributed by atoms with Crippen molar-refractivity contribution in [2.45, 2.75) is 19.0 Å². The van der Waals surface area contributed by atoms with Gasteiger partial charge >= 0.3 is 6.03 Å². The van der Waals surface area contributed by atoms with Crippen LogP contribution in [0.3, 0.4) is 0 Å². The first-order valence-electron chi connectivity index (χ1n) is 10.4. The number of carbonyl (C=O) groups is 3. The number of carbonyl (C=O) groups excluding carboxylic acids is 3. The van der Waals surface area contributed by atoms with Crippen LogP contribution in [0.25, 0.3) is 0 Å². The fourth-order valence-corrected chi connectivity index (χ4v) is 3.88. The van der Waals surface area contributed by atoms with Gasteiger partial charge in [-0.1, -0.05) is 6.07 Å². The lowest BCUT2D eigenvalue weighted by atomic mass is 9.91. The van der Waals surface area contributed by atoms with Gasteiger partial charge in [0.15, 0.2) is 23.0 Å². The molecule has 0 aliphatic carbocycles. The molecule has 11 nitrogen and oxygen atoms in total. The van der Waals surface area contributed by atoms with Crippen LogP contribution in [-0.4, -0.2) is 57.4 Å². The molecule has 180 valence electrons. The maximum Gasteiger partial charge on any atom is 0.325 e. The number of rotatable bonds is 8. The normalized spacial score (nSPS) is 18.5. The highest BCUT2D eigenvalue weighted by atomic mass is 16.7. The van der Waals surface area contributed by atoms with Gasteiger partial charge in [-0.05, 0) is 42.3 Å². The lowest BCUT2D eigenvalue weighted by molar-refractivity contribution is -0.134. The number of hydrogen-bond acceptors (Lipinski definition) is 8. The van der Waals surface area contributed by atoms with Gasteiger partial charge in [0.25, 0.3) is 5.91 Å². The second-order valence-electron chi connectivity index (χ2n) is 7.82. The highest BCUT2D eigenvalue weighted by Gasteiger charge is 2.49. The quantitative estimate of drug-likeness (QED) is 0.556. The average molecular weight is 471 g/mol. The zero-order chi connectivity index (χ0) is 24.5. The zero-order valence-corrected chi connectivity index (χ0v) is 19.2. The molecule has 2 aliphatic heterocycles. The molecule has 0 aromatic heterocycles. The second kappa shape index (κ2) is 9.00. The summed E-state index contributed by atoms with van der Waals surface area (Å²) >= 11 is 0. The minimum Gasteiger partial charge on any atom is -0.493 e. The fraction of sp³-hybridized carbons (Fsp3) is 0.348. The van der Waals surface area contributed by atoms with Crippen LogP contribution < -0.4 is 34.3 Å². The Bertz CT molecular complexity index is 1130. The number of benzene rings is 2. The Balaban J connectivity index is 1.44. The summed E-state index contributed by atoms with van der Waals surface area (Å²) in [6.07, 6.45) is 0. The molecular weight excluding hydrogens is 446 g/mol. The third-order valence-electron chi connectivity index (χ3n) is 5.74. The predicted octanol–water partition coefficient (Wildman–Crippen LogP) is 1.52. The largest absolute Gasteiger partial charge is 0.493 e. The maximum absolute atomic E-state index is 13.1. The van der Waals surface area contributed by atoms with E-state index in [9.17, 15) is 14.4 Å². The molecule has 34 heavy (non-hydrogen) atoms. The van der Waals surface area contributed by atoms with Gasteiger partial charge < -0.3 is 34.3 Å². The van der Waals surface area contributed by atoms with Crippen molar-refractivity contribution in [3.05, 3.63) is 41.5 Å². The van der Waals surface area contributed by atoms with Crippen LogP contribution in [0.4, 0.5) is 4.79 Å². The molecular formula is C23H25N3O8. The smallest absolute Gasteiger partial charge is 0.325 e. The summed E-state index contributed by atoms with van der Waals surface area (Å²) < 4.78 is 26.6. The number of nitrogens with one attached hydrogen (secondary N) is 2. The average Bonchev–Trinajstić information content (AvgIpc) is 3.40. The molecule has 1 saturated heterocycles. The van der Waals surface area contributed by atoms with Crippen molar-refractivity contribution in [2.24, 2.45) is 0 Å². The summed E-state index contributed by atoms with van der Waals surface area (Å²) in [5.41, 5.74) is -0.129. The molecule has 1 atom stereocenters. The SMILES string of the molecule is COc1cc(CNC(=O)CN2C(=O)NC(C)(c3ccc4c(c3)OCO4)C2=O)cc(OC)c1OC. The zero-order valence-electron chi connectivity index (χ0n) is 19.2. The maximum atomic E-state index is 13.1. The van der Waals surface area contributed by atoms with Crippen LogP contribution >= 0.6 is 0 Å². The molecule has 0 radical (unpaired) electrons. The summed E-state index contributed by atoms with van der Waals surface area (Å²) in [6.45, 7) is 1.36. The summed E-state index contributed by atoms with van der Waals surface area (Å²) in [6, 6.07) is 7.75. The summed E-state index contributed by atoms with van der Waals surface area (Å²) in [4.78, 5) is 39.2. The Hall–Kier alpha value is -4.15. The Morgan fingerprint density at radius 3 is 2.38 bits per heavy atom. The molecule has 2 aliphatic rings. The lowest BCUT2D eigenvalue weighted by Gasteiger charge is -2.22. The summed E-state index contributed by atoms with van der Waals surface area (Å²) in [5, 5.41) is 5.38. The summed E-state index contributed by atoms with van der Waals surface area (Å²) in [7, 11) is 4.49. The Morgan fingerprint density at radius 2 is 1.74 bits per heavy atom. The predicted molar refractivity (Wildman–Crippen MR) is 118 cm³/mol. The molecule has 2 heterocycles. The fourth-order valence-electron chi connectivity index (χ4n) is 3.88. The van der Waals surface area contributed by atoms with Gasteiger partial charge in [-0.25, -0.2) is 4.79 Å². The molecule has 1 fully saturated rings. The van der Waals surface area contributed by atoms with Crippen LogP contribution in [0.15, 0.2) is 30.3 Å². The number of hydrogen-bond donors (Lipinski definition) is 2. The molecule has 2 N–H and O–H groups in total. The molecule has 2 aromatic carbocycles. The van der Waals surface area contributed by atoms with Gasteiger partial charge in [-0.2, -0.15) is 0 Å². The van der Waals surface area contributed by atoms with E-state index in [0.29, 0.717) is 39.9 Å². The number of fused-ring (bicyclic) bond motifs is 1. The number of nitrogens with zero attached hydrogens (tertiary/aromatic N) is 1. The van der Waals surface area contributed by atoms with Crippen molar-refractivity contribution < 1.29 is 38.1 Å². The Morgan fingerprint density at radius 1 is 1.06 bits per heavy atom. The van der Waals surface area contributed by atoms with E-state index in [1.807, 2.05) is 0 Å². The van der Waals surface area contributed by atoms with Crippen molar-refractivity contribution in [2.75, 3.05) is 34.7 Å². The monoisotopic (exact) mass is 471 g/mol. The number of urea groups is 1. The molecule has 0 spiro atoms. The van der Waals surface area contributed by atoms with Crippen molar-refractivity contribution in [1.82, 2.24) is 15.5 Å². The first kappa shape index (κ1) is 23.0. The van der Waals surface area contributed by atoms with Crippen LogP contribution in [0, 0.1) is 0 Å². The first-order valence-corrected chi connectivity index (χ1v) is 10.4. The minimum absolute atomic E-state index is 0.0913.